The third kappa shape index (κ3) is 2.70. The number of amides is 1. The van der Waals surface area contributed by atoms with Crippen LogP contribution in [-0.4, -0.2) is 28.7 Å². The van der Waals surface area contributed by atoms with Crippen molar-refractivity contribution in [3.8, 4) is 0 Å². The van der Waals surface area contributed by atoms with Crippen molar-refractivity contribution in [2.24, 2.45) is 5.92 Å². The number of nitrogens with zero attached hydrogens (tertiary/aromatic N) is 1. The molecule has 0 aromatic heterocycles. The van der Waals surface area contributed by atoms with Crippen LogP contribution in [0.4, 0.5) is 0 Å². The molecule has 1 amide bonds. The topological polar surface area (TPSA) is 20.3 Å². The van der Waals surface area contributed by atoms with Gasteiger partial charge in [0, 0.05) is 24.3 Å². The van der Waals surface area contributed by atoms with Crippen LogP contribution in [0.3, 0.4) is 0 Å². The first kappa shape index (κ1) is 11.0. The highest BCUT2D eigenvalue weighted by molar-refractivity contribution is 9.09. The van der Waals surface area contributed by atoms with Crippen molar-refractivity contribution < 1.29 is 4.79 Å². The summed E-state index contributed by atoms with van der Waals surface area (Å²) >= 11 is 3.44. The highest BCUT2D eigenvalue weighted by Crippen LogP contribution is 2.23. The lowest BCUT2D eigenvalue weighted by atomic mass is 10.1. The fraction of sp³-hybridized carbons (Fsp3) is 0.900. The van der Waals surface area contributed by atoms with Gasteiger partial charge in [-0.15, -0.1) is 0 Å². The van der Waals surface area contributed by atoms with Gasteiger partial charge in [0.2, 0.25) is 5.91 Å². The zero-order chi connectivity index (χ0) is 9.84. The first-order valence-electron chi connectivity index (χ1n) is 5.04. The lowest BCUT2D eigenvalue weighted by Crippen LogP contribution is -2.34. The van der Waals surface area contributed by atoms with E-state index in [2.05, 4.69) is 29.8 Å². The molecule has 0 radical (unpaired) electrons. The smallest absolute Gasteiger partial charge is 0.223 e. The predicted molar refractivity (Wildman–Crippen MR) is 58.0 cm³/mol. The van der Waals surface area contributed by atoms with Crippen LogP contribution < -0.4 is 0 Å². The molecule has 1 saturated heterocycles. The van der Waals surface area contributed by atoms with E-state index in [1.807, 2.05) is 4.90 Å². The minimum atomic E-state index is 0.338. The molecule has 2 nitrogen and oxygen atoms in total. The number of likely N-dealkylation sites (tertiary alicyclic amines) is 1. The number of hydrogen-bond acceptors (Lipinski definition) is 1. The predicted octanol–water partition coefficient (Wildman–Crippen LogP) is 2.42. The Bertz CT molecular complexity index is 184. The van der Waals surface area contributed by atoms with Crippen molar-refractivity contribution in [3.05, 3.63) is 0 Å². The molecule has 1 rings (SSSR count). The first-order valence-corrected chi connectivity index (χ1v) is 6.16. The number of carbonyl (C=O) groups excluding carboxylic acids is 1. The molecule has 1 heterocycles. The van der Waals surface area contributed by atoms with Gasteiger partial charge in [-0.3, -0.25) is 4.79 Å². The number of halogens is 1. The van der Waals surface area contributed by atoms with Gasteiger partial charge in [0.15, 0.2) is 0 Å². The zero-order valence-electron chi connectivity index (χ0n) is 8.42. The summed E-state index contributed by atoms with van der Waals surface area (Å²) in [6.07, 6.45) is 3.02. The van der Waals surface area contributed by atoms with Crippen molar-refractivity contribution in [2.45, 2.75) is 39.2 Å². The first-order chi connectivity index (χ1) is 6.19. The van der Waals surface area contributed by atoms with Crippen LogP contribution in [0.1, 0.15) is 33.1 Å². The molecule has 3 heteroatoms. The Labute approximate surface area is 88.8 Å². The van der Waals surface area contributed by atoms with E-state index < -0.39 is 0 Å². The van der Waals surface area contributed by atoms with Crippen LogP contribution in [0.15, 0.2) is 0 Å². The van der Waals surface area contributed by atoms with Gasteiger partial charge >= 0.3 is 0 Å². The van der Waals surface area contributed by atoms with Gasteiger partial charge in [-0.25, -0.2) is 0 Å². The average molecular weight is 248 g/mol. The molecule has 1 fully saturated rings. The number of carbonyl (C=O) groups is 1. The summed E-state index contributed by atoms with van der Waals surface area (Å²) in [6.45, 7) is 5.27. The maximum atomic E-state index is 11.6. The summed E-state index contributed by atoms with van der Waals surface area (Å²) < 4.78 is 0. The standard InChI is InChI=1S/C10H18BrNO/c1-3-4-8(2)12-7-9(6-11)5-10(12)13/h8-9H,3-7H2,1-2H3. The second-order valence-electron chi connectivity index (χ2n) is 3.91. The molecule has 0 aromatic carbocycles. The largest absolute Gasteiger partial charge is 0.340 e. The molecule has 0 N–H and O–H groups in total. The van der Waals surface area contributed by atoms with Gasteiger partial charge in [-0.05, 0) is 19.3 Å². The summed E-state index contributed by atoms with van der Waals surface area (Å²) in [5.74, 6) is 0.872. The van der Waals surface area contributed by atoms with Crippen LogP contribution in [0.25, 0.3) is 0 Å². The second kappa shape index (κ2) is 4.99. The minimum Gasteiger partial charge on any atom is -0.340 e. The quantitative estimate of drug-likeness (QED) is 0.699. The molecule has 13 heavy (non-hydrogen) atoms. The van der Waals surface area contributed by atoms with Crippen molar-refractivity contribution >= 4 is 21.8 Å². The van der Waals surface area contributed by atoms with Crippen molar-refractivity contribution in [3.63, 3.8) is 0 Å². The van der Waals surface area contributed by atoms with E-state index in [1.165, 1.54) is 0 Å². The van der Waals surface area contributed by atoms with Gasteiger partial charge in [-0.2, -0.15) is 0 Å². The normalized spacial score (nSPS) is 25.3. The van der Waals surface area contributed by atoms with E-state index in [0.717, 1.165) is 31.1 Å². The van der Waals surface area contributed by atoms with Gasteiger partial charge in [0.25, 0.3) is 0 Å². The molecule has 0 saturated carbocycles. The molecule has 1 aliphatic rings. The minimum absolute atomic E-state index is 0.338. The lowest BCUT2D eigenvalue weighted by Gasteiger charge is -2.24. The van der Waals surface area contributed by atoms with Crippen molar-refractivity contribution in [1.29, 1.82) is 0 Å². The van der Waals surface area contributed by atoms with Crippen LogP contribution in [-0.2, 0) is 4.79 Å². The number of hydrogen-bond donors (Lipinski definition) is 0. The lowest BCUT2D eigenvalue weighted by molar-refractivity contribution is -0.129. The molecule has 1 aliphatic heterocycles. The fourth-order valence-electron chi connectivity index (χ4n) is 1.91. The summed E-state index contributed by atoms with van der Waals surface area (Å²) in [4.78, 5) is 13.6. The van der Waals surface area contributed by atoms with Crippen LogP contribution in [0, 0.1) is 5.92 Å². The fourth-order valence-corrected chi connectivity index (χ4v) is 2.35. The molecule has 2 unspecified atom stereocenters. The molecule has 2 atom stereocenters. The van der Waals surface area contributed by atoms with Gasteiger partial charge in [-0.1, -0.05) is 29.3 Å². The Kier molecular flexibility index (Phi) is 4.23. The molecule has 76 valence electrons. The van der Waals surface area contributed by atoms with E-state index in [9.17, 15) is 4.79 Å². The van der Waals surface area contributed by atoms with E-state index in [4.69, 9.17) is 0 Å². The van der Waals surface area contributed by atoms with E-state index in [-0.39, 0.29) is 0 Å². The third-order valence-electron chi connectivity index (χ3n) is 2.70. The number of rotatable bonds is 4. The Morgan fingerprint density at radius 1 is 1.69 bits per heavy atom. The Morgan fingerprint density at radius 3 is 2.85 bits per heavy atom. The van der Waals surface area contributed by atoms with Crippen molar-refractivity contribution in [2.75, 3.05) is 11.9 Å². The van der Waals surface area contributed by atoms with Crippen LogP contribution in [0.5, 0.6) is 0 Å². The van der Waals surface area contributed by atoms with E-state index >= 15 is 0 Å². The Balaban J connectivity index is 2.46. The third-order valence-corrected chi connectivity index (χ3v) is 3.61. The van der Waals surface area contributed by atoms with E-state index in [1.54, 1.807) is 0 Å². The summed E-state index contributed by atoms with van der Waals surface area (Å²) in [5, 5.41) is 0.952. The molecule has 0 aliphatic carbocycles. The van der Waals surface area contributed by atoms with Gasteiger partial charge in [0.05, 0.1) is 0 Å². The summed E-state index contributed by atoms with van der Waals surface area (Å²) in [6, 6.07) is 0.432. The Morgan fingerprint density at radius 2 is 2.38 bits per heavy atom. The van der Waals surface area contributed by atoms with Crippen molar-refractivity contribution in [1.82, 2.24) is 4.90 Å². The molecule has 0 aromatic rings. The highest BCUT2D eigenvalue weighted by atomic mass is 79.9. The average Bonchev–Trinajstić information content (AvgIpc) is 2.47. The molecular weight excluding hydrogens is 230 g/mol. The van der Waals surface area contributed by atoms with Gasteiger partial charge in [0.1, 0.15) is 0 Å². The zero-order valence-corrected chi connectivity index (χ0v) is 10.0. The van der Waals surface area contributed by atoms with Crippen LogP contribution >= 0.6 is 15.9 Å². The maximum absolute atomic E-state index is 11.6. The Hall–Kier alpha value is -0.0500. The van der Waals surface area contributed by atoms with Crippen LogP contribution in [0.2, 0.25) is 0 Å². The highest BCUT2D eigenvalue weighted by Gasteiger charge is 2.31. The maximum Gasteiger partial charge on any atom is 0.223 e. The summed E-state index contributed by atoms with van der Waals surface area (Å²) in [5.41, 5.74) is 0. The monoisotopic (exact) mass is 247 g/mol. The molecule has 0 bridgehead atoms. The van der Waals surface area contributed by atoms with Gasteiger partial charge < -0.3 is 4.90 Å². The number of alkyl halides is 1. The van der Waals surface area contributed by atoms with E-state index in [0.29, 0.717) is 17.9 Å². The summed E-state index contributed by atoms with van der Waals surface area (Å²) in [7, 11) is 0. The SMILES string of the molecule is CCCC(C)N1CC(CBr)CC1=O. The molecular formula is C10H18BrNO. The molecule has 0 spiro atoms. The second-order valence-corrected chi connectivity index (χ2v) is 4.56.